The first-order valence-corrected chi connectivity index (χ1v) is 7.37. The highest BCUT2D eigenvalue weighted by molar-refractivity contribution is 7.98. The molecule has 0 bridgehead atoms. The second-order valence-corrected chi connectivity index (χ2v) is 5.43. The number of rotatable bonds is 5. The summed E-state index contributed by atoms with van der Waals surface area (Å²) in [6.07, 6.45) is 0. The number of aromatic carboxylic acids is 1. The van der Waals surface area contributed by atoms with E-state index in [1.165, 1.54) is 31.0 Å². The van der Waals surface area contributed by atoms with Crippen LogP contribution in [0.4, 0.5) is 0 Å². The molecule has 0 aliphatic carbocycles. The van der Waals surface area contributed by atoms with E-state index in [0.717, 1.165) is 4.90 Å². The highest BCUT2D eigenvalue weighted by Gasteiger charge is 2.23. The van der Waals surface area contributed by atoms with Gasteiger partial charge in [-0.15, -0.1) is 11.8 Å². The van der Waals surface area contributed by atoms with Crippen LogP contribution in [0.25, 0.3) is 0 Å². The van der Waals surface area contributed by atoms with Crippen LogP contribution in [0.3, 0.4) is 0 Å². The maximum atomic E-state index is 11.9. The van der Waals surface area contributed by atoms with Gasteiger partial charge in [0.2, 0.25) is 0 Å². The number of carbonyl (C=O) groups excluding carboxylic acids is 1. The Labute approximate surface area is 131 Å². The second-order valence-electron chi connectivity index (χ2n) is 4.38. The summed E-state index contributed by atoms with van der Waals surface area (Å²) in [6, 6.07) is 11.8. The van der Waals surface area contributed by atoms with Gasteiger partial charge in [0, 0.05) is 10.6 Å². The zero-order valence-corrected chi connectivity index (χ0v) is 12.6. The molecule has 2 rings (SSSR count). The number of phenols is 1. The Hall–Kier alpha value is -2.47. The van der Waals surface area contributed by atoms with Gasteiger partial charge in [0.05, 0.1) is 12.7 Å². The zero-order valence-electron chi connectivity index (χ0n) is 11.8. The lowest BCUT2D eigenvalue weighted by Crippen LogP contribution is -2.11. The highest BCUT2D eigenvalue weighted by atomic mass is 32.2. The standard InChI is InChI=1S/C16H14O5S/c1-21-16(20)14-12(9-22-10-5-3-2-4-6-10)11(15(18)19)7-8-13(14)17/h2-8,17H,9H2,1H3,(H,18,19). The molecular weight excluding hydrogens is 304 g/mol. The number of carbonyl (C=O) groups is 2. The van der Waals surface area contributed by atoms with Crippen molar-refractivity contribution in [1.29, 1.82) is 0 Å². The number of aromatic hydroxyl groups is 1. The number of hydrogen-bond acceptors (Lipinski definition) is 5. The molecule has 0 aliphatic rings. The van der Waals surface area contributed by atoms with E-state index < -0.39 is 11.9 Å². The number of esters is 1. The number of carboxylic acids is 1. The topological polar surface area (TPSA) is 83.8 Å². The maximum Gasteiger partial charge on any atom is 0.341 e. The fraction of sp³-hybridized carbons (Fsp3) is 0.125. The number of ether oxygens (including phenoxy) is 1. The molecule has 5 nitrogen and oxygen atoms in total. The quantitative estimate of drug-likeness (QED) is 0.651. The van der Waals surface area contributed by atoms with E-state index in [1.807, 2.05) is 30.3 Å². The fourth-order valence-electron chi connectivity index (χ4n) is 1.99. The number of thioether (sulfide) groups is 1. The van der Waals surface area contributed by atoms with E-state index in [0.29, 0.717) is 0 Å². The van der Waals surface area contributed by atoms with Crippen molar-refractivity contribution in [1.82, 2.24) is 0 Å². The first-order valence-electron chi connectivity index (χ1n) is 6.39. The molecular formula is C16H14O5S. The van der Waals surface area contributed by atoms with Crippen LogP contribution >= 0.6 is 11.8 Å². The number of methoxy groups -OCH3 is 1. The smallest absolute Gasteiger partial charge is 0.341 e. The van der Waals surface area contributed by atoms with Crippen LogP contribution in [-0.4, -0.2) is 29.3 Å². The number of benzene rings is 2. The lowest BCUT2D eigenvalue weighted by Gasteiger charge is -2.12. The van der Waals surface area contributed by atoms with E-state index in [1.54, 1.807) is 0 Å². The Kier molecular flexibility index (Phi) is 5.06. The molecule has 0 aromatic heterocycles. The number of phenolic OH excluding ortho intramolecular Hbond substituents is 1. The van der Waals surface area contributed by atoms with Crippen molar-refractivity contribution < 1.29 is 24.5 Å². The molecule has 114 valence electrons. The minimum Gasteiger partial charge on any atom is -0.507 e. The normalized spacial score (nSPS) is 10.2. The van der Waals surface area contributed by atoms with Crippen molar-refractivity contribution in [2.45, 2.75) is 10.6 Å². The summed E-state index contributed by atoms with van der Waals surface area (Å²) in [5.74, 6) is -1.98. The molecule has 0 saturated carbocycles. The Morgan fingerprint density at radius 2 is 1.82 bits per heavy atom. The molecule has 0 aliphatic heterocycles. The second kappa shape index (κ2) is 7.00. The summed E-state index contributed by atoms with van der Waals surface area (Å²) >= 11 is 1.37. The van der Waals surface area contributed by atoms with E-state index in [9.17, 15) is 19.8 Å². The molecule has 0 saturated heterocycles. The van der Waals surface area contributed by atoms with Gasteiger partial charge >= 0.3 is 11.9 Å². The third-order valence-electron chi connectivity index (χ3n) is 3.04. The van der Waals surface area contributed by atoms with Gasteiger partial charge in [0.1, 0.15) is 11.3 Å². The van der Waals surface area contributed by atoms with E-state index in [4.69, 9.17) is 0 Å². The summed E-state index contributed by atoms with van der Waals surface area (Å²) in [7, 11) is 1.18. The average molecular weight is 318 g/mol. The van der Waals surface area contributed by atoms with Crippen molar-refractivity contribution in [3.05, 3.63) is 59.2 Å². The van der Waals surface area contributed by atoms with Crippen LogP contribution in [0.1, 0.15) is 26.3 Å². The Morgan fingerprint density at radius 1 is 1.14 bits per heavy atom. The average Bonchev–Trinajstić information content (AvgIpc) is 2.52. The van der Waals surface area contributed by atoms with Gasteiger partial charge in [-0.3, -0.25) is 0 Å². The lowest BCUT2D eigenvalue weighted by molar-refractivity contribution is 0.0596. The maximum absolute atomic E-state index is 11.9. The van der Waals surface area contributed by atoms with Gasteiger partial charge in [-0.25, -0.2) is 9.59 Å². The van der Waals surface area contributed by atoms with Crippen LogP contribution in [0.2, 0.25) is 0 Å². The van der Waals surface area contributed by atoms with Gasteiger partial charge in [-0.2, -0.15) is 0 Å². The molecule has 0 atom stereocenters. The van der Waals surface area contributed by atoms with Crippen LogP contribution in [0.5, 0.6) is 5.75 Å². The summed E-state index contributed by atoms with van der Waals surface area (Å²) in [6.45, 7) is 0. The first kappa shape index (κ1) is 15.9. The molecule has 0 unspecified atom stereocenters. The summed E-state index contributed by atoms with van der Waals surface area (Å²) < 4.78 is 4.64. The van der Waals surface area contributed by atoms with Gasteiger partial charge in [0.25, 0.3) is 0 Å². The highest BCUT2D eigenvalue weighted by Crippen LogP contribution is 2.31. The molecule has 6 heteroatoms. The molecule has 22 heavy (non-hydrogen) atoms. The monoisotopic (exact) mass is 318 g/mol. The Morgan fingerprint density at radius 3 is 2.41 bits per heavy atom. The van der Waals surface area contributed by atoms with Gasteiger partial charge in [-0.1, -0.05) is 18.2 Å². The molecule has 2 N–H and O–H groups in total. The van der Waals surface area contributed by atoms with Crippen LogP contribution in [-0.2, 0) is 10.5 Å². The molecule has 0 spiro atoms. The molecule has 0 heterocycles. The van der Waals surface area contributed by atoms with Crippen molar-refractivity contribution in [2.75, 3.05) is 7.11 Å². The van der Waals surface area contributed by atoms with Crippen molar-refractivity contribution in [3.8, 4) is 5.75 Å². The summed E-state index contributed by atoms with van der Waals surface area (Å²) in [5, 5.41) is 19.2. The molecule has 0 radical (unpaired) electrons. The summed E-state index contributed by atoms with van der Waals surface area (Å²) in [5.41, 5.74) is 0.112. The van der Waals surface area contributed by atoms with Crippen LogP contribution < -0.4 is 0 Å². The van der Waals surface area contributed by atoms with Crippen LogP contribution in [0, 0.1) is 0 Å². The third kappa shape index (κ3) is 3.40. The first-order chi connectivity index (χ1) is 10.5. The molecule has 0 fully saturated rings. The van der Waals surface area contributed by atoms with E-state index >= 15 is 0 Å². The van der Waals surface area contributed by atoms with E-state index in [-0.39, 0.29) is 28.2 Å². The third-order valence-corrected chi connectivity index (χ3v) is 4.08. The summed E-state index contributed by atoms with van der Waals surface area (Å²) in [4.78, 5) is 24.2. The van der Waals surface area contributed by atoms with Crippen LogP contribution in [0.15, 0.2) is 47.4 Å². The molecule has 2 aromatic rings. The Balaban J connectivity index is 2.43. The zero-order chi connectivity index (χ0) is 16.1. The predicted octanol–water partition coefficient (Wildman–Crippen LogP) is 3.17. The number of carboxylic acid groups (broad SMARTS) is 1. The van der Waals surface area contributed by atoms with Crippen molar-refractivity contribution >= 4 is 23.7 Å². The minimum atomic E-state index is -1.16. The SMILES string of the molecule is COC(=O)c1c(O)ccc(C(=O)O)c1CSc1ccccc1. The minimum absolute atomic E-state index is 0.0263. The van der Waals surface area contributed by atoms with Gasteiger partial charge < -0.3 is 14.9 Å². The van der Waals surface area contributed by atoms with Crippen molar-refractivity contribution in [3.63, 3.8) is 0 Å². The molecule has 0 amide bonds. The van der Waals surface area contributed by atoms with Gasteiger partial charge in [0.15, 0.2) is 0 Å². The Bertz CT molecular complexity index is 697. The fourth-order valence-corrected chi connectivity index (χ4v) is 2.95. The van der Waals surface area contributed by atoms with E-state index in [2.05, 4.69) is 4.74 Å². The predicted molar refractivity (Wildman–Crippen MR) is 82.4 cm³/mol. The number of hydrogen-bond donors (Lipinski definition) is 2. The van der Waals surface area contributed by atoms with Gasteiger partial charge in [-0.05, 0) is 29.8 Å². The largest absolute Gasteiger partial charge is 0.507 e. The molecule has 2 aromatic carbocycles. The van der Waals surface area contributed by atoms with Crippen molar-refractivity contribution in [2.24, 2.45) is 0 Å². The lowest BCUT2D eigenvalue weighted by atomic mass is 10.0.